The maximum atomic E-state index is 12.5. The zero-order valence-electron chi connectivity index (χ0n) is 17.6. The molecule has 1 saturated heterocycles. The Kier molecular flexibility index (Phi) is 6.67. The van der Waals surface area contributed by atoms with Gasteiger partial charge in [0.05, 0.1) is 5.56 Å². The number of benzene rings is 3. The van der Waals surface area contributed by atoms with Gasteiger partial charge >= 0.3 is 12.0 Å². The van der Waals surface area contributed by atoms with E-state index in [0.717, 1.165) is 30.9 Å². The summed E-state index contributed by atoms with van der Waals surface area (Å²) in [7, 11) is 0. The summed E-state index contributed by atoms with van der Waals surface area (Å²) >= 11 is 0. The Hall–Kier alpha value is -3.84. The van der Waals surface area contributed by atoms with Crippen molar-refractivity contribution in [3.8, 4) is 11.5 Å². The van der Waals surface area contributed by atoms with E-state index in [1.165, 1.54) is 12.1 Å². The van der Waals surface area contributed by atoms with E-state index >= 15 is 0 Å². The molecule has 1 fully saturated rings. The van der Waals surface area contributed by atoms with E-state index in [4.69, 9.17) is 9.84 Å². The molecule has 3 aromatic rings. The third kappa shape index (κ3) is 5.65. The van der Waals surface area contributed by atoms with E-state index in [1.54, 1.807) is 12.1 Å². The van der Waals surface area contributed by atoms with Crippen molar-refractivity contribution in [3.05, 3.63) is 90.0 Å². The fourth-order valence-electron chi connectivity index (χ4n) is 3.60. The first-order valence-corrected chi connectivity index (χ1v) is 10.5. The van der Waals surface area contributed by atoms with E-state index in [1.807, 2.05) is 53.4 Å². The summed E-state index contributed by atoms with van der Waals surface area (Å²) in [5, 5.41) is 11.9. The fraction of sp³-hybridized carbons (Fsp3) is 0.200. The average Bonchev–Trinajstić information content (AvgIpc) is 2.81. The highest BCUT2D eigenvalue weighted by Crippen LogP contribution is 2.23. The van der Waals surface area contributed by atoms with Crippen LogP contribution < -0.4 is 10.1 Å². The minimum Gasteiger partial charge on any atom is -0.478 e. The maximum absolute atomic E-state index is 12.5. The first-order valence-electron chi connectivity index (χ1n) is 10.5. The molecule has 0 radical (unpaired) electrons. The van der Waals surface area contributed by atoms with Crippen LogP contribution in [0.1, 0.15) is 15.9 Å². The number of carboxylic acid groups (broad SMARTS) is 1. The molecule has 2 amide bonds. The second-order valence-electron chi connectivity index (χ2n) is 7.64. The lowest BCUT2D eigenvalue weighted by molar-refractivity contribution is 0.0697. The predicted molar refractivity (Wildman–Crippen MR) is 122 cm³/mol. The number of anilines is 1. The Morgan fingerprint density at radius 2 is 1.56 bits per heavy atom. The van der Waals surface area contributed by atoms with Crippen molar-refractivity contribution < 1.29 is 19.4 Å². The van der Waals surface area contributed by atoms with E-state index in [0.29, 0.717) is 24.6 Å². The summed E-state index contributed by atoms with van der Waals surface area (Å²) in [6.07, 6.45) is 0. The molecular formula is C25H25N3O4. The molecule has 1 aliphatic rings. The molecule has 0 saturated carbocycles. The number of nitrogens with zero attached hydrogens (tertiary/aromatic N) is 2. The quantitative estimate of drug-likeness (QED) is 0.599. The van der Waals surface area contributed by atoms with Gasteiger partial charge < -0.3 is 20.1 Å². The summed E-state index contributed by atoms with van der Waals surface area (Å²) in [5.74, 6) is 0.327. The Balaban J connectivity index is 1.29. The van der Waals surface area contributed by atoms with Gasteiger partial charge in [0, 0.05) is 38.4 Å². The lowest BCUT2D eigenvalue weighted by Crippen LogP contribution is -2.49. The van der Waals surface area contributed by atoms with Crippen molar-refractivity contribution in [3.63, 3.8) is 0 Å². The number of hydrogen-bond donors (Lipinski definition) is 2. The van der Waals surface area contributed by atoms with Crippen LogP contribution in [0.2, 0.25) is 0 Å². The van der Waals surface area contributed by atoms with Crippen LogP contribution in [0.15, 0.2) is 78.9 Å². The first kappa shape index (κ1) is 21.4. The SMILES string of the molecule is O=C(O)c1ccc(Oc2cccc(CN3CCN(C(=O)Nc4ccccc4)CC3)c2)cc1. The molecule has 1 aliphatic heterocycles. The number of nitrogens with one attached hydrogen (secondary N) is 1. The molecule has 0 bridgehead atoms. The Morgan fingerprint density at radius 1 is 0.844 bits per heavy atom. The first-order chi connectivity index (χ1) is 15.6. The monoisotopic (exact) mass is 431 g/mol. The number of carboxylic acids is 1. The number of ether oxygens (including phenoxy) is 1. The van der Waals surface area contributed by atoms with Crippen LogP contribution in [0, 0.1) is 0 Å². The van der Waals surface area contributed by atoms with Crippen LogP contribution in [-0.4, -0.2) is 53.1 Å². The summed E-state index contributed by atoms with van der Waals surface area (Å²) in [6, 6.07) is 23.6. The van der Waals surface area contributed by atoms with Gasteiger partial charge in [-0.1, -0.05) is 30.3 Å². The number of carbonyl (C=O) groups excluding carboxylic acids is 1. The molecule has 0 spiro atoms. The van der Waals surface area contributed by atoms with Gasteiger partial charge in [-0.15, -0.1) is 0 Å². The van der Waals surface area contributed by atoms with Crippen LogP contribution in [0.4, 0.5) is 10.5 Å². The Morgan fingerprint density at radius 3 is 2.25 bits per heavy atom. The van der Waals surface area contributed by atoms with Gasteiger partial charge in [0.25, 0.3) is 0 Å². The molecule has 7 nitrogen and oxygen atoms in total. The summed E-state index contributed by atoms with van der Waals surface area (Å²) in [5.41, 5.74) is 2.14. The lowest BCUT2D eigenvalue weighted by atomic mass is 10.2. The van der Waals surface area contributed by atoms with Gasteiger partial charge in [-0.25, -0.2) is 9.59 Å². The summed E-state index contributed by atoms with van der Waals surface area (Å²) < 4.78 is 5.88. The summed E-state index contributed by atoms with van der Waals surface area (Å²) in [6.45, 7) is 3.70. The minimum absolute atomic E-state index is 0.0693. The fourth-order valence-corrected chi connectivity index (χ4v) is 3.60. The number of carbonyl (C=O) groups is 2. The molecule has 0 atom stereocenters. The zero-order chi connectivity index (χ0) is 22.3. The molecular weight excluding hydrogens is 406 g/mol. The number of urea groups is 1. The molecule has 0 aromatic heterocycles. The third-order valence-electron chi connectivity index (χ3n) is 5.33. The van der Waals surface area contributed by atoms with E-state index < -0.39 is 5.97 Å². The van der Waals surface area contributed by atoms with Crippen molar-refractivity contribution in [2.75, 3.05) is 31.5 Å². The lowest BCUT2D eigenvalue weighted by Gasteiger charge is -2.34. The molecule has 0 unspecified atom stereocenters. The van der Waals surface area contributed by atoms with Gasteiger partial charge in [-0.2, -0.15) is 0 Å². The minimum atomic E-state index is -0.962. The second kappa shape index (κ2) is 9.98. The van der Waals surface area contributed by atoms with Crippen LogP contribution in [0.25, 0.3) is 0 Å². The van der Waals surface area contributed by atoms with Crippen LogP contribution in [0.3, 0.4) is 0 Å². The van der Waals surface area contributed by atoms with E-state index in [2.05, 4.69) is 16.3 Å². The van der Waals surface area contributed by atoms with Crippen molar-refractivity contribution in [1.82, 2.24) is 9.80 Å². The normalized spacial score (nSPS) is 14.1. The van der Waals surface area contributed by atoms with E-state index in [-0.39, 0.29) is 11.6 Å². The van der Waals surface area contributed by atoms with Gasteiger partial charge in [-0.3, -0.25) is 4.90 Å². The van der Waals surface area contributed by atoms with Crippen LogP contribution in [-0.2, 0) is 6.54 Å². The molecule has 4 rings (SSSR count). The Labute approximate surface area is 186 Å². The highest BCUT2D eigenvalue weighted by Gasteiger charge is 2.21. The van der Waals surface area contributed by atoms with Gasteiger partial charge in [0.2, 0.25) is 0 Å². The molecule has 0 aliphatic carbocycles. The van der Waals surface area contributed by atoms with Crippen LogP contribution in [0.5, 0.6) is 11.5 Å². The number of hydrogen-bond acceptors (Lipinski definition) is 4. The second-order valence-corrected chi connectivity index (χ2v) is 7.64. The average molecular weight is 431 g/mol. The molecule has 7 heteroatoms. The molecule has 2 N–H and O–H groups in total. The highest BCUT2D eigenvalue weighted by molar-refractivity contribution is 5.89. The number of aromatic carboxylic acids is 1. The number of rotatable bonds is 6. The maximum Gasteiger partial charge on any atom is 0.335 e. The van der Waals surface area contributed by atoms with Crippen LogP contribution >= 0.6 is 0 Å². The van der Waals surface area contributed by atoms with Crippen molar-refractivity contribution in [2.24, 2.45) is 0 Å². The topological polar surface area (TPSA) is 82.1 Å². The molecule has 164 valence electrons. The smallest absolute Gasteiger partial charge is 0.335 e. The zero-order valence-corrected chi connectivity index (χ0v) is 17.6. The van der Waals surface area contributed by atoms with Gasteiger partial charge in [0.1, 0.15) is 11.5 Å². The molecule has 3 aromatic carbocycles. The number of amides is 2. The van der Waals surface area contributed by atoms with E-state index in [9.17, 15) is 9.59 Å². The molecule has 1 heterocycles. The standard InChI is InChI=1S/C25H25N3O4/c29-24(30)20-9-11-22(12-10-20)32-23-8-4-5-19(17-23)18-27-13-15-28(16-14-27)25(31)26-21-6-2-1-3-7-21/h1-12,17H,13-16,18H2,(H,26,31)(H,29,30). The predicted octanol–water partition coefficient (Wildman–Crippen LogP) is 4.53. The van der Waals surface area contributed by atoms with Crippen molar-refractivity contribution in [2.45, 2.75) is 6.54 Å². The number of para-hydroxylation sites is 1. The van der Waals surface area contributed by atoms with Gasteiger partial charge in [0.15, 0.2) is 0 Å². The van der Waals surface area contributed by atoms with Crippen molar-refractivity contribution in [1.29, 1.82) is 0 Å². The van der Waals surface area contributed by atoms with Crippen molar-refractivity contribution >= 4 is 17.7 Å². The third-order valence-corrected chi connectivity index (χ3v) is 5.33. The molecule has 32 heavy (non-hydrogen) atoms. The Bertz CT molecular complexity index is 1060. The number of piperazine rings is 1. The summed E-state index contributed by atoms with van der Waals surface area (Å²) in [4.78, 5) is 27.6. The highest BCUT2D eigenvalue weighted by atomic mass is 16.5. The van der Waals surface area contributed by atoms with Gasteiger partial charge in [-0.05, 0) is 54.1 Å². The largest absolute Gasteiger partial charge is 0.478 e.